The molecule has 0 radical (unpaired) electrons. The summed E-state index contributed by atoms with van der Waals surface area (Å²) in [6.45, 7) is 9.51. The van der Waals surface area contributed by atoms with Gasteiger partial charge in [-0.25, -0.2) is 0 Å². The number of benzene rings is 1. The number of fused-ring (bicyclic) bond motifs is 1. The van der Waals surface area contributed by atoms with E-state index in [0.29, 0.717) is 0 Å². The van der Waals surface area contributed by atoms with Crippen LogP contribution in [0.4, 0.5) is 0 Å². The summed E-state index contributed by atoms with van der Waals surface area (Å²) in [5.41, 5.74) is 4.95. The van der Waals surface area contributed by atoms with Crippen molar-refractivity contribution in [3.63, 3.8) is 0 Å². The summed E-state index contributed by atoms with van der Waals surface area (Å²) < 4.78 is 2.69. The summed E-state index contributed by atoms with van der Waals surface area (Å²) in [6.07, 6.45) is 19.9. The molecule has 2 unspecified atom stereocenters. The fraction of sp³-hybridized carbons (Fsp3) is 0.556. The van der Waals surface area contributed by atoms with Crippen molar-refractivity contribution in [2.24, 2.45) is 5.92 Å². The Bertz CT molecular complexity index is 760. The molecule has 4 heteroatoms. The molecule has 1 aromatic carbocycles. The van der Waals surface area contributed by atoms with Crippen molar-refractivity contribution in [1.29, 1.82) is 0 Å². The van der Waals surface area contributed by atoms with Crippen molar-refractivity contribution in [3.8, 4) is 0 Å². The first-order valence-electron chi connectivity index (χ1n) is 11.9. The summed E-state index contributed by atoms with van der Waals surface area (Å²) in [6, 6.07) is 9.36. The molecule has 0 spiro atoms. The number of rotatable bonds is 12. The van der Waals surface area contributed by atoms with E-state index >= 15 is 0 Å². The Morgan fingerprint density at radius 1 is 1.00 bits per heavy atom. The Balaban J connectivity index is 0.00000240. The second kappa shape index (κ2) is 15.3. The average Bonchev–Trinajstić information content (AvgIpc) is 3.34. The van der Waals surface area contributed by atoms with Crippen molar-refractivity contribution in [2.75, 3.05) is 12.3 Å². The zero-order valence-corrected chi connectivity index (χ0v) is 24.6. The summed E-state index contributed by atoms with van der Waals surface area (Å²) in [5.74, 6) is 0.750. The van der Waals surface area contributed by atoms with Gasteiger partial charge in [0, 0.05) is 0 Å². The molecule has 0 nitrogen and oxygen atoms in total. The van der Waals surface area contributed by atoms with Crippen LogP contribution < -0.4 is 24.8 Å². The first-order valence-corrected chi connectivity index (χ1v) is 16.3. The Kier molecular flexibility index (Phi) is 14.5. The minimum absolute atomic E-state index is 0. The van der Waals surface area contributed by atoms with Crippen molar-refractivity contribution < 1.29 is 48.0 Å². The molecule has 0 saturated heterocycles. The van der Waals surface area contributed by atoms with Gasteiger partial charge in [0.05, 0.1) is 0 Å². The van der Waals surface area contributed by atoms with Gasteiger partial charge >= 0.3 is 193 Å². The van der Waals surface area contributed by atoms with E-state index in [2.05, 4.69) is 70.2 Å². The summed E-state index contributed by atoms with van der Waals surface area (Å²) in [4.78, 5) is 0. The molecule has 1 aromatic rings. The molecule has 0 fully saturated rings. The molecule has 0 aromatic heterocycles. The molecule has 0 N–H and O–H groups in total. The number of allylic oxidation sites excluding steroid dienone is 5. The Hall–Kier alpha value is 0.333. The summed E-state index contributed by atoms with van der Waals surface area (Å²) in [5, 5.41) is 1.89. The van der Waals surface area contributed by atoms with Gasteiger partial charge in [0.15, 0.2) is 0 Å². The van der Waals surface area contributed by atoms with Crippen molar-refractivity contribution >= 4 is 14.0 Å². The minimum atomic E-state index is -0.675. The van der Waals surface area contributed by atoms with Gasteiger partial charge in [-0.1, -0.05) is 0 Å². The fourth-order valence-electron chi connectivity index (χ4n) is 4.69. The Morgan fingerprint density at radius 3 is 2.32 bits per heavy atom. The first kappa shape index (κ1) is 29.4. The molecule has 2 aliphatic rings. The van der Waals surface area contributed by atoms with E-state index in [1.807, 2.05) is 8.60 Å². The van der Waals surface area contributed by atoms with Crippen LogP contribution in [0.3, 0.4) is 0 Å². The van der Waals surface area contributed by atoms with Crippen LogP contribution in [-0.4, -0.2) is 12.3 Å². The van der Waals surface area contributed by atoms with Crippen molar-refractivity contribution in [2.45, 2.75) is 76.3 Å². The third-order valence-corrected chi connectivity index (χ3v) is 14.1. The standard InChI is InChI=1S/C17H24P.C10H15.2ClH.Zr/c1-3-5-11-18(12-6-4-2)17-13-15-9-7-8-10-16(15)14-17;1-3-6-9(2)10-7-4-5-8-10;;;/h7-10,13-14H,3-6,11-12H2,1-2H3;4,7,9H,3,5-6H2,1-2H3;2*1H;/q;;;;+2/p-2. The molecular formula is C27H39Cl2PZr. The number of halogens is 2. The van der Waals surface area contributed by atoms with Gasteiger partial charge in [-0.05, 0) is 0 Å². The summed E-state index contributed by atoms with van der Waals surface area (Å²) >= 11 is -0.675. The maximum atomic E-state index is 2.65. The third-order valence-electron chi connectivity index (χ3n) is 6.37. The van der Waals surface area contributed by atoms with Gasteiger partial charge in [-0.2, -0.15) is 0 Å². The van der Waals surface area contributed by atoms with E-state index in [1.165, 1.54) is 57.3 Å². The second-order valence-corrected chi connectivity index (χ2v) is 14.8. The van der Waals surface area contributed by atoms with Crippen LogP contribution in [0.2, 0.25) is 0 Å². The monoisotopic (exact) mass is 554 g/mol. The smallest absolute Gasteiger partial charge is 1.00 e. The van der Waals surface area contributed by atoms with Gasteiger partial charge in [-0.3, -0.25) is 0 Å². The Labute approximate surface area is 217 Å². The predicted molar refractivity (Wildman–Crippen MR) is 128 cm³/mol. The van der Waals surface area contributed by atoms with Crippen molar-refractivity contribution in [1.82, 2.24) is 0 Å². The van der Waals surface area contributed by atoms with Crippen molar-refractivity contribution in [3.05, 3.63) is 61.7 Å². The maximum Gasteiger partial charge on any atom is -1.00 e. The number of hydrogen-bond acceptors (Lipinski definition) is 0. The summed E-state index contributed by atoms with van der Waals surface area (Å²) in [7, 11) is 0.0449. The average molecular weight is 557 g/mol. The third kappa shape index (κ3) is 7.67. The van der Waals surface area contributed by atoms with Gasteiger partial charge in [0.25, 0.3) is 0 Å². The van der Waals surface area contributed by atoms with Crippen LogP contribution in [-0.2, 0) is 23.2 Å². The Morgan fingerprint density at radius 2 is 1.68 bits per heavy atom. The molecular weight excluding hydrogens is 517 g/mol. The van der Waals surface area contributed by atoms with E-state index < -0.39 is 23.2 Å². The molecule has 0 amide bonds. The largest absolute Gasteiger partial charge is 1.00 e. The molecule has 0 heterocycles. The van der Waals surface area contributed by atoms with Crippen LogP contribution in [0.25, 0.3) is 6.08 Å². The minimum Gasteiger partial charge on any atom is -1.00 e. The fourth-order valence-corrected chi connectivity index (χ4v) is 13.6. The molecule has 0 aliphatic heterocycles. The van der Waals surface area contributed by atoms with E-state index in [4.69, 9.17) is 0 Å². The maximum absolute atomic E-state index is 2.65. The van der Waals surface area contributed by atoms with Crippen LogP contribution in [0, 0.1) is 5.92 Å². The van der Waals surface area contributed by atoms with Crippen LogP contribution in [0.1, 0.15) is 87.4 Å². The first-order chi connectivity index (χ1) is 14.2. The van der Waals surface area contributed by atoms with E-state index in [0.717, 1.165) is 9.54 Å². The SMILES string of the molecule is CCCCP(CCCC)C1=Cc2ccccc2[CH]1[Zr+2][C]1=C(C(C)CCC)C=CC1.[Cl-].[Cl-]. The molecule has 0 saturated carbocycles. The van der Waals surface area contributed by atoms with E-state index in [1.54, 1.807) is 16.7 Å². The predicted octanol–water partition coefficient (Wildman–Crippen LogP) is 2.91. The normalized spacial score (nSPS) is 17.7. The molecule has 170 valence electrons. The molecule has 31 heavy (non-hydrogen) atoms. The topological polar surface area (TPSA) is 0 Å². The zero-order valence-electron chi connectivity index (χ0n) is 19.8. The number of unbranched alkanes of at least 4 members (excludes halogenated alkanes) is 2. The van der Waals surface area contributed by atoms with Gasteiger partial charge in [0.1, 0.15) is 0 Å². The second-order valence-electron chi connectivity index (χ2n) is 8.70. The zero-order chi connectivity index (χ0) is 20.6. The molecule has 0 bridgehead atoms. The van der Waals surface area contributed by atoms with Gasteiger partial charge in [-0.15, -0.1) is 0 Å². The van der Waals surface area contributed by atoms with Crippen LogP contribution >= 0.6 is 7.92 Å². The van der Waals surface area contributed by atoms with Gasteiger partial charge in [0.2, 0.25) is 0 Å². The number of hydrogen-bond donors (Lipinski definition) is 0. The van der Waals surface area contributed by atoms with E-state index in [9.17, 15) is 0 Å². The molecule has 2 aliphatic carbocycles. The molecule has 2 atom stereocenters. The van der Waals surface area contributed by atoms with Crippen LogP contribution in [0.5, 0.6) is 0 Å². The molecule has 3 rings (SSSR count). The van der Waals surface area contributed by atoms with Gasteiger partial charge < -0.3 is 24.8 Å². The van der Waals surface area contributed by atoms with Crippen LogP contribution in [0.15, 0.2) is 50.6 Å². The quantitative estimate of drug-likeness (QED) is 0.348. The van der Waals surface area contributed by atoms with E-state index in [-0.39, 0.29) is 32.7 Å².